The van der Waals surface area contributed by atoms with E-state index in [0.717, 1.165) is 10.5 Å². The number of aliphatic hydroxyl groups excluding tert-OH is 1. The summed E-state index contributed by atoms with van der Waals surface area (Å²) in [5.41, 5.74) is 1.28. The summed E-state index contributed by atoms with van der Waals surface area (Å²) in [7, 11) is 1.19. The third kappa shape index (κ3) is 5.64. The molecule has 0 aromatic heterocycles. The van der Waals surface area contributed by atoms with Gasteiger partial charge in [0.25, 0.3) is 5.91 Å². The molecule has 2 rings (SSSR count). The van der Waals surface area contributed by atoms with Crippen LogP contribution >= 0.6 is 35.0 Å². The summed E-state index contributed by atoms with van der Waals surface area (Å²) in [6.07, 6.45) is 0. The van der Waals surface area contributed by atoms with Crippen LogP contribution in [0.3, 0.4) is 0 Å². The van der Waals surface area contributed by atoms with Crippen molar-refractivity contribution >= 4 is 46.8 Å². The number of ether oxygens (including phenoxy) is 1. The molecule has 1 amide bonds. The molecule has 0 fully saturated rings. The van der Waals surface area contributed by atoms with Gasteiger partial charge in [-0.15, -0.1) is 11.8 Å². The van der Waals surface area contributed by atoms with Crippen molar-refractivity contribution in [3.63, 3.8) is 0 Å². The Kier molecular flexibility index (Phi) is 7.78. The Morgan fingerprint density at radius 1 is 1.23 bits per heavy atom. The van der Waals surface area contributed by atoms with E-state index in [1.807, 2.05) is 6.07 Å². The minimum absolute atomic E-state index is 0.377. The zero-order chi connectivity index (χ0) is 19.1. The molecule has 138 valence electrons. The molecule has 0 heterocycles. The maximum absolute atomic E-state index is 12.3. The van der Waals surface area contributed by atoms with Crippen molar-refractivity contribution in [2.75, 3.05) is 13.7 Å². The van der Waals surface area contributed by atoms with Gasteiger partial charge in [0.05, 0.1) is 18.7 Å². The van der Waals surface area contributed by atoms with Gasteiger partial charge in [0.15, 0.2) is 6.04 Å². The lowest BCUT2D eigenvalue weighted by molar-refractivity contribution is -0.143. The zero-order valence-electron chi connectivity index (χ0n) is 13.9. The van der Waals surface area contributed by atoms with Gasteiger partial charge in [-0.05, 0) is 35.9 Å². The highest BCUT2D eigenvalue weighted by molar-refractivity contribution is 7.98. The predicted octanol–water partition coefficient (Wildman–Crippen LogP) is 3.55. The van der Waals surface area contributed by atoms with Crippen LogP contribution in [0.25, 0.3) is 0 Å². The smallest absolute Gasteiger partial charge is 0.330 e. The van der Waals surface area contributed by atoms with E-state index in [0.29, 0.717) is 21.4 Å². The van der Waals surface area contributed by atoms with E-state index in [-0.39, 0.29) is 0 Å². The SMILES string of the molecule is COC(=O)[C@H](CO)NC(=O)c1cccc(CSc2cc(Cl)ccc2Cl)c1. The molecule has 2 aromatic rings. The fourth-order valence-corrected chi connectivity index (χ4v) is 3.55. The summed E-state index contributed by atoms with van der Waals surface area (Å²) in [4.78, 5) is 24.6. The van der Waals surface area contributed by atoms with Gasteiger partial charge >= 0.3 is 5.97 Å². The third-order valence-electron chi connectivity index (χ3n) is 3.45. The number of benzene rings is 2. The highest BCUT2D eigenvalue weighted by Crippen LogP contribution is 2.32. The van der Waals surface area contributed by atoms with Crippen LogP contribution in [0.5, 0.6) is 0 Å². The van der Waals surface area contributed by atoms with Gasteiger partial charge in [-0.2, -0.15) is 0 Å². The van der Waals surface area contributed by atoms with E-state index in [9.17, 15) is 14.7 Å². The van der Waals surface area contributed by atoms with E-state index in [4.69, 9.17) is 23.2 Å². The zero-order valence-corrected chi connectivity index (χ0v) is 16.2. The van der Waals surface area contributed by atoms with E-state index >= 15 is 0 Å². The summed E-state index contributed by atoms with van der Waals surface area (Å²) in [6, 6.07) is 11.1. The van der Waals surface area contributed by atoms with Gasteiger partial charge in [0.1, 0.15) is 0 Å². The van der Waals surface area contributed by atoms with Crippen molar-refractivity contribution in [2.24, 2.45) is 0 Å². The van der Waals surface area contributed by atoms with Crippen LogP contribution in [0.4, 0.5) is 0 Å². The van der Waals surface area contributed by atoms with E-state index in [1.54, 1.807) is 36.4 Å². The van der Waals surface area contributed by atoms with Gasteiger partial charge in [-0.25, -0.2) is 4.79 Å². The van der Waals surface area contributed by atoms with Gasteiger partial charge < -0.3 is 15.2 Å². The number of methoxy groups -OCH3 is 1. The van der Waals surface area contributed by atoms with Crippen LogP contribution in [0.1, 0.15) is 15.9 Å². The van der Waals surface area contributed by atoms with Crippen LogP contribution in [0, 0.1) is 0 Å². The fraction of sp³-hybridized carbons (Fsp3) is 0.222. The fourth-order valence-electron chi connectivity index (χ4n) is 2.11. The van der Waals surface area contributed by atoms with E-state index in [2.05, 4.69) is 10.1 Å². The number of nitrogens with one attached hydrogen (secondary N) is 1. The lowest BCUT2D eigenvalue weighted by Gasteiger charge is -2.14. The number of hydrogen-bond donors (Lipinski definition) is 2. The molecule has 0 saturated carbocycles. The first kappa shape index (κ1) is 20.6. The first-order chi connectivity index (χ1) is 12.4. The number of rotatable bonds is 7. The average Bonchev–Trinajstić information content (AvgIpc) is 2.66. The maximum Gasteiger partial charge on any atom is 0.330 e. The molecule has 2 N–H and O–H groups in total. The number of thioether (sulfide) groups is 1. The second-order valence-corrected chi connectivity index (χ2v) is 7.16. The molecule has 2 aromatic carbocycles. The number of esters is 1. The Balaban J connectivity index is 2.06. The summed E-state index contributed by atoms with van der Waals surface area (Å²) < 4.78 is 4.53. The van der Waals surface area contributed by atoms with Crippen molar-refractivity contribution < 1.29 is 19.4 Å². The topological polar surface area (TPSA) is 75.6 Å². The monoisotopic (exact) mass is 413 g/mol. The second-order valence-electron chi connectivity index (χ2n) is 5.30. The minimum Gasteiger partial charge on any atom is -0.467 e. The number of halogens is 2. The molecule has 0 saturated heterocycles. The standard InChI is InChI=1S/C18H17Cl2NO4S/c1-25-18(24)15(9-22)21-17(23)12-4-2-3-11(7-12)10-26-16-8-13(19)5-6-14(16)20/h2-8,15,22H,9-10H2,1H3,(H,21,23)/t15-/m0/s1. The number of aliphatic hydroxyl groups is 1. The van der Waals surface area contributed by atoms with Crippen LogP contribution in [0.15, 0.2) is 47.4 Å². The Morgan fingerprint density at radius 3 is 2.69 bits per heavy atom. The Hall–Kier alpha value is -1.73. The Morgan fingerprint density at radius 2 is 2.00 bits per heavy atom. The summed E-state index contributed by atoms with van der Waals surface area (Å²) in [5, 5.41) is 12.8. The molecule has 0 spiro atoms. The molecule has 0 aliphatic rings. The third-order valence-corrected chi connectivity index (χ3v) is 5.25. The van der Waals surface area contributed by atoms with Crippen molar-refractivity contribution in [1.82, 2.24) is 5.32 Å². The van der Waals surface area contributed by atoms with Crippen molar-refractivity contribution in [2.45, 2.75) is 16.7 Å². The van der Waals surface area contributed by atoms with Crippen LogP contribution < -0.4 is 5.32 Å². The van der Waals surface area contributed by atoms with Crippen molar-refractivity contribution in [3.8, 4) is 0 Å². The molecule has 1 atom stereocenters. The van der Waals surface area contributed by atoms with Crippen molar-refractivity contribution in [3.05, 3.63) is 63.6 Å². The highest BCUT2D eigenvalue weighted by Gasteiger charge is 2.21. The first-order valence-corrected chi connectivity index (χ1v) is 9.35. The Bertz CT molecular complexity index is 801. The largest absolute Gasteiger partial charge is 0.467 e. The second kappa shape index (κ2) is 9.83. The predicted molar refractivity (Wildman–Crippen MR) is 103 cm³/mol. The van der Waals surface area contributed by atoms with Gasteiger partial charge in [-0.1, -0.05) is 35.3 Å². The van der Waals surface area contributed by atoms with E-state index in [1.165, 1.54) is 18.9 Å². The number of carbonyl (C=O) groups excluding carboxylic acids is 2. The van der Waals surface area contributed by atoms with Gasteiger partial charge in [0, 0.05) is 21.2 Å². The highest BCUT2D eigenvalue weighted by atomic mass is 35.5. The normalized spacial score (nSPS) is 11.7. The molecule has 8 heteroatoms. The number of amides is 1. The Labute approximate surface area is 165 Å². The van der Waals surface area contributed by atoms with Crippen LogP contribution in [0.2, 0.25) is 10.0 Å². The quantitative estimate of drug-likeness (QED) is 0.536. The molecular formula is C18H17Cl2NO4S. The molecule has 0 bridgehead atoms. The number of carbonyl (C=O) groups is 2. The van der Waals surface area contributed by atoms with Crippen LogP contribution in [-0.4, -0.2) is 36.7 Å². The first-order valence-electron chi connectivity index (χ1n) is 7.61. The minimum atomic E-state index is -1.10. The molecule has 26 heavy (non-hydrogen) atoms. The lowest BCUT2D eigenvalue weighted by atomic mass is 10.1. The molecule has 0 aliphatic carbocycles. The van der Waals surface area contributed by atoms with Crippen LogP contribution in [-0.2, 0) is 15.3 Å². The van der Waals surface area contributed by atoms with Gasteiger partial charge in [0.2, 0.25) is 0 Å². The summed E-state index contributed by atoms with van der Waals surface area (Å²) in [5.74, 6) is -0.591. The molecule has 0 aliphatic heterocycles. The van der Waals surface area contributed by atoms with Crippen molar-refractivity contribution in [1.29, 1.82) is 0 Å². The summed E-state index contributed by atoms with van der Waals surface area (Å²) in [6.45, 7) is -0.540. The molecule has 5 nitrogen and oxygen atoms in total. The lowest BCUT2D eigenvalue weighted by Crippen LogP contribution is -2.44. The molecule has 0 unspecified atom stereocenters. The average molecular weight is 414 g/mol. The molecular weight excluding hydrogens is 397 g/mol. The maximum atomic E-state index is 12.3. The summed E-state index contributed by atoms with van der Waals surface area (Å²) >= 11 is 13.6. The van der Waals surface area contributed by atoms with Gasteiger partial charge in [-0.3, -0.25) is 4.79 Å². The number of hydrogen-bond acceptors (Lipinski definition) is 5. The van der Waals surface area contributed by atoms with E-state index < -0.39 is 24.5 Å². The molecule has 0 radical (unpaired) electrons.